The Hall–Kier alpha value is -2.64. The second-order valence-electron chi connectivity index (χ2n) is 7.14. The van der Waals surface area contributed by atoms with Gasteiger partial charge in [-0.1, -0.05) is 41.9 Å². The lowest BCUT2D eigenvalue weighted by Gasteiger charge is -2.10. The normalized spacial score (nSPS) is 10.7. The first kappa shape index (κ1) is 22.1. The summed E-state index contributed by atoms with van der Waals surface area (Å²) >= 11 is 8.65. The van der Waals surface area contributed by atoms with Crippen LogP contribution >= 0.6 is 28.1 Å². The summed E-state index contributed by atoms with van der Waals surface area (Å²) in [7, 11) is 0. The van der Waals surface area contributed by atoms with Crippen LogP contribution in [-0.2, 0) is 6.54 Å². The van der Waals surface area contributed by atoms with E-state index in [9.17, 15) is 4.79 Å². The van der Waals surface area contributed by atoms with Crippen molar-refractivity contribution in [3.05, 3.63) is 76.5 Å². The molecular weight excluding hydrogens is 464 g/mol. The Bertz CT molecular complexity index is 998. The molecule has 0 bridgehead atoms. The number of ether oxygens (including phenoxy) is 1. The first-order valence-electron chi connectivity index (χ1n) is 9.57. The number of nitrogens with one attached hydrogen (secondary N) is 2. The number of rotatable bonds is 7. The molecule has 1 heterocycles. The Morgan fingerprint density at radius 3 is 2.43 bits per heavy atom. The van der Waals surface area contributed by atoms with E-state index in [1.807, 2.05) is 36.4 Å². The van der Waals surface area contributed by atoms with Crippen molar-refractivity contribution < 1.29 is 13.9 Å². The van der Waals surface area contributed by atoms with Crippen molar-refractivity contribution in [2.45, 2.75) is 20.4 Å². The van der Waals surface area contributed by atoms with Gasteiger partial charge in [-0.15, -0.1) is 0 Å². The van der Waals surface area contributed by atoms with Gasteiger partial charge in [0.2, 0.25) is 0 Å². The summed E-state index contributed by atoms with van der Waals surface area (Å²) in [5.41, 5.74) is 1.49. The lowest BCUT2D eigenvalue weighted by molar-refractivity contribution is 0.0976. The van der Waals surface area contributed by atoms with Gasteiger partial charge in [0.05, 0.1) is 13.2 Å². The fourth-order valence-corrected chi connectivity index (χ4v) is 3.02. The monoisotopic (exact) mass is 486 g/mol. The molecule has 0 spiro atoms. The molecule has 5 nitrogen and oxygen atoms in total. The van der Waals surface area contributed by atoms with Gasteiger partial charge in [-0.3, -0.25) is 10.1 Å². The van der Waals surface area contributed by atoms with E-state index in [-0.39, 0.29) is 11.0 Å². The van der Waals surface area contributed by atoms with Crippen molar-refractivity contribution in [3.8, 4) is 17.1 Å². The number of hydrogen-bond acceptors (Lipinski definition) is 4. The molecule has 3 rings (SSSR count). The fourth-order valence-electron chi connectivity index (χ4n) is 2.59. The molecule has 0 aliphatic rings. The minimum absolute atomic E-state index is 0.238. The minimum atomic E-state index is -0.280. The van der Waals surface area contributed by atoms with Crippen molar-refractivity contribution in [2.24, 2.45) is 5.92 Å². The predicted molar refractivity (Wildman–Crippen MR) is 126 cm³/mol. The maximum atomic E-state index is 12.4. The molecule has 2 N–H and O–H groups in total. The van der Waals surface area contributed by atoms with Gasteiger partial charge in [0, 0.05) is 15.6 Å². The predicted octanol–water partition coefficient (Wildman–Crippen LogP) is 5.55. The molecule has 0 fully saturated rings. The number of carbonyl (C=O) groups is 1. The molecule has 0 unspecified atom stereocenters. The van der Waals surface area contributed by atoms with Crippen LogP contribution in [0, 0.1) is 5.92 Å². The first-order chi connectivity index (χ1) is 14.4. The maximum absolute atomic E-state index is 12.4. The zero-order chi connectivity index (χ0) is 21.5. The van der Waals surface area contributed by atoms with Crippen LogP contribution in [0.15, 0.2) is 69.6 Å². The summed E-state index contributed by atoms with van der Waals surface area (Å²) in [6.07, 6.45) is 0. The molecule has 156 valence electrons. The van der Waals surface area contributed by atoms with Gasteiger partial charge in [-0.05, 0) is 66.7 Å². The molecule has 3 aromatic rings. The molecule has 1 aromatic heterocycles. The van der Waals surface area contributed by atoms with Crippen LogP contribution in [0.1, 0.15) is 30.0 Å². The molecule has 1 amide bonds. The number of carbonyl (C=O) groups excluding carboxylic acids is 1. The van der Waals surface area contributed by atoms with Gasteiger partial charge < -0.3 is 14.5 Å². The Kier molecular flexibility index (Phi) is 7.65. The Labute approximate surface area is 189 Å². The van der Waals surface area contributed by atoms with Crippen LogP contribution in [0.2, 0.25) is 0 Å². The number of halogens is 1. The lowest BCUT2D eigenvalue weighted by Crippen LogP contribution is -2.38. The lowest BCUT2D eigenvalue weighted by atomic mass is 10.2. The van der Waals surface area contributed by atoms with Crippen LogP contribution in [0.3, 0.4) is 0 Å². The van der Waals surface area contributed by atoms with Crippen molar-refractivity contribution in [2.75, 3.05) is 6.61 Å². The second-order valence-corrected chi connectivity index (χ2v) is 8.46. The van der Waals surface area contributed by atoms with Gasteiger partial charge in [-0.25, -0.2) is 0 Å². The fraction of sp³-hybridized carbons (Fsp3) is 0.217. The van der Waals surface area contributed by atoms with Crippen molar-refractivity contribution in [1.82, 2.24) is 10.6 Å². The largest absolute Gasteiger partial charge is 0.493 e. The summed E-state index contributed by atoms with van der Waals surface area (Å²) in [5.74, 6) is 2.39. The highest BCUT2D eigenvalue weighted by Crippen LogP contribution is 2.24. The first-order valence-corrected chi connectivity index (χ1v) is 10.8. The molecule has 0 radical (unpaired) electrons. The molecule has 0 atom stereocenters. The highest BCUT2D eigenvalue weighted by atomic mass is 79.9. The molecule has 0 aliphatic heterocycles. The van der Waals surface area contributed by atoms with Crippen LogP contribution in [-0.4, -0.2) is 17.6 Å². The average molecular weight is 487 g/mol. The molecule has 0 aliphatic carbocycles. The third-order valence-corrected chi connectivity index (χ3v) is 4.92. The Morgan fingerprint density at radius 2 is 1.77 bits per heavy atom. The van der Waals surface area contributed by atoms with E-state index in [1.165, 1.54) is 0 Å². The van der Waals surface area contributed by atoms with E-state index in [0.717, 1.165) is 27.3 Å². The average Bonchev–Trinajstić information content (AvgIpc) is 3.20. The molecule has 0 saturated heterocycles. The van der Waals surface area contributed by atoms with E-state index in [4.69, 9.17) is 21.4 Å². The van der Waals surface area contributed by atoms with Crippen LogP contribution in [0.5, 0.6) is 5.75 Å². The number of hydrogen-bond donors (Lipinski definition) is 2. The third kappa shape index (κ3) is 6.43. The van der Waals surface area contributed by atoms with E-state index in [1.54, 1.807) is 24.3 Å². The number of benzene rings is 2. The second kappa shape index (κ2) is 10.4. The summed E-state index contributed by atoms with van der Waals surface area (Å²) in [6.45, 7) is 5.17. The number of furan rings is 1. The number of amides is 1. The minimum Gasteiger partial charge on any atom is -0.493 e. The zero-order valence-electron chi connectivity index (χ0n) is 16.8. The van der Waals surface area contributed by atoms with Gasteiger partial charge in [-0.2, -0.15) is 0 Å². The summed E-state index contributed by atoms with van der Waals surface area (Å²) < 4.78 is 12.5. The van der Waals surface area contributed by atoms with Gasteiger partial charge >= 0.3 is 0 Å². The molecule has 2 aromatic carbocycles. The summed E-state index contributed by atoms with van der Waals surface area (Å²) in [6, 6.07) is 18.6. The maximum Gasteiger partial charge on any atom is 0.257 e. The van der Waals surface area contributed by atoms with Crippen LogP contribution in [0.4, 0.5) is 0 Å². The highest BCUT2D eigenvalue weighted by Gasteiger charge is 2.10. The van der Waals surface area contributed by atoms with Crippen LogP contribution < -0.4 is 15.4 Å². The smallest absolute Gasteiger partial charge is 0.257 e. The van der Waals surface area contributed by atoms with Crippen molar-refractivity contribution in [3.63, 3.8) is 0 Å². The molecule has 30 heavy (non-hydrogen) atoms. The molecule has 0 saturated carbocycles. The van der Waals surface area contributed by atoms with Gasteiger partial charge in [0.15, 0.2) is 5.11 Å². The van der Waals surface area contributed by atoms with Crippen LogP contribution in [0.25, 0.3) is 11.3 Å². The Morgan fingerprint density at radius 1 is 1.07 bits per heavy atom. The SMILES string of the molecule is CC(C)COc1ccc(C(=O)NC(=S)NCc2ccc(-c3ccc(Br)cc3)o2)cc1. The summed E-state index contributed by atoms with van der Waals surface area (Å²) in [5, 5.41) is 5.90. The number of thiocarbonyl (C=S) groups is 1. The van der Waals surface area contributed by atoms with E-state index in [0.29, 0.717) is 24.6 Å². The quantitative estimate of drug-likeness (QED) is 0.428. The molecule has 7 heteroatoms. The zero-order valence-corrected chi connectivity index (χ0v) is 19.2. The standard InChI is InChI=1S/C23H23BrN2O3S/c1-15(2)14-28-19-9-5-17(6-10-19)22(27)26-23(30)25-13-20-11-12-21(29-20)16-3-7-18(24)8-4-16/h3-12,15H,13-14H2,1-2H3,(H2,25,26,27,30). The van der Waals surface area contributed by atoms with Gasteiger partial charge in [0.25, 0.3) is 5.91 Å². The van der Waals surface area contributed by atoms with Crippen molar-refractivity contribution >= 4 is 39.2 Å². The van der Waals surface area contributed by atoms with E-state index >= 15 is 0 Å². The van der Waals surface area contributed by atoms with E-state index < -0.39 is 0 Å². The van der Waals surface area contributed by atoms with Crippen molar-refractivity contribution in [1.29, 1.82) is 0 Å². The highest BCUT2D eigenvalue weighted by molar-refractivity contribution is 9.10. The van der Waals surface area contributed by atoms with E-state index in [2.05, 4.69) is 40.4 Å². The Balaban J connectivity index is 1.48. The van der Waals surface area contributed by atoms with Gasteiger partial charge in [0.1, 0.15) is 17.3 Å². The third-order valence-electron chi connectivity index (χ3n) is 4.14. The molecular formula is C23H23BrN2O3S. The summed E-state index contributed by atoms with van der Waals surface area (Å²) in [4.78, 5) is 12.4. The topological polar surface area (TPSA) is 63.5 Å².